The second-order valence-corrected chi connectivity index (χ2v) is 8.79. The molecule has 5 nitrogen and oxygen atoms in total. The first-order chi connectivity index (χ1) is 13.3. The van der Waals surface area contributed by atoms with Crippen molar-refractivity contribution in [2.75, 3.05) is 12.3 Å². The first-order valence-electron chi connectivity index (χ1n) is 9.32. The van der Waals surface area contributed by atoms with E-state index in [1.165, 1.54) is 6.92 Å². The van der Waals surface area contributed by atoms with Crippen molar-refractivity contribution in [3.63, 3.8) is 0 Å². The number of carbonyl (C=O) groups excluding carboxylic acids is 1. The van der Waals surface area contributed by atoms with Gasteiger partial charge in [-0.25, -0.2) is 0 Å². The van der Waals surface area contributed by atoms with Crippen LogP contribution in [0, 0.1) is 5.92 Å². The van der Waals surface area contributed by atoms with Gasteiger partial charge in [0.05, 0.1) is 5.75 Å². The molecule has 0 N–H and O–H groups in total. The summed E-state index contributed by atoms with van der Waals surface area (Å²) >= 11 is 0. The van der Waals surface area contributed by atoms with Crippen LogP contribution < -0.4 is 4.18 Å². The molecule has 0 aromatic heterocycles. The average molecular weight is 402 g/mol. The van der Waals surface area contributed by atoms with E-state index in [-0.39, 0.29) is 17.4 Å². The van der Waals surface area contributed by atoms with Crippen molar-refractivity contribution >= 4 is 22.1 Å². The molecule has 0 saturated carbocycles. The van der Waals surface area contributed by atoms with Gasteiger partial charge in [-0.05, 0) is 42.2 Å². The molecular weight excluding hydrogens is 374 g/mol. The van der Waals surface area contributed by atoms with E-state index in [0.717, 1.165) is 11.1 Å². The molecule has 0 fully saturated rings. The Bertz CT molecular complexity index is 905. The Morgan fingerprint density at radius 1 is 1.11 bits per heavy atom. The monoisotopic (exact) mass is 401 g/mol. The van der Waals surface area contributed by atoms with Gasteiger partial charge in [-0.3, -0.25) is 4.79 Å². The van der Waals surface area contributed by atoms with Gasteiger partial charge >= 0.3 is 10.1 Å². The van der Waals surface area contributed by atoms with Crippen molar-refractivity contribution in [2.24, 2.45) is 5.92 Å². The molecule has 0 bridgehead atoms. The van der Waals surface area contributed by atoms with Gasteiger partial charge in [0.25, 0.3) is 0 Å². The summed E-state index contributed by atoms with van der Waals surface area (Å²) < 4.78 is 28.4. The van der Waals surface area contributed by atoms with Crippen molar-refractivity contribution in [1.29, 1.82) is 0 Å². The van der Waals surface area contributed by atoms with E-state index in [4.69, 9.17) is 4.18 Å². The molecule has 0 aliphatic heterocycles. The van der Waals surface area contributed by atoms with Crippen LogP contribution >= 0.6 is 0 Å². The lowest BCUT2D eigenvalue weighted by Gasteiger charge is -2.23. The third-order valence-electron chi connectivity index (χ3n) is 3.96. The van der Waals surface area contributed by atoms with Crippen LogP contribution in [0.4, 0.5) is 0 Å². The van der Waals surface area contributed by atoms with Gasteiger partial charge in [-0.15, -0.1) is 0 Å². The number of amides is 1. The Morgan fingerprint density at radius 2 is 1.82 bits per heavy atom. The molecule has 6 heteroatoms. The highest BCUT2D eigenvalue weighted by atomic mass is 32.2. The number of nitrogens with zero attached hydrogens (tertiary/aromatic N) is 1. The minimum atomic E-state index is -3.58. The molecule has 0 atom stereocenters. The van der Waals surface area contributed by atoms with E-state index < -0.39 is 10.1 Å². The zero-order valence-corrected chi connectivity index (χ0v) is 17.4. The molecule has 150 valence electrons. The lowest BCUT2D eigenvalue weighted by molar-refractivity contribution is -0.127. The zero-order valence-electron chi connectivity index (χ0n) is 16.5. The third-order valence-corrected chi connectivity index (χ3v) is 5.12. The predicted molar refractivity (Wildman–Crippen MR) is 112 cm³/mol. The van der Waals surface area contributed by atoms with E-state index >= 15 is 0 Å². The van der Waals surface area contributed by atoms with Gasteiger partial charge in [0.1, 0.15) is 5.75 Å². The second-order valence-electron chi connectivity index (χ2n) is 6.93. The molecule has 0 aliphatic carbocycles. The maximum Gasteiger partial charge on any atom is 0.308 e. The number of benzene rings is 2. The predicted octanol–water partition coefficient (Wildman–Crippen LogP) is 4.11. The average Bonchev–Trinajstić information content (AvgIpc) is 2.66. The number of hydrogen-bond acceptors (Lipinski definition) is 4. The summed E-state index contributed by atoms with van der Waals surface area (Å²) in [4.78, 5) is 14.5. The van der Waals surface area contributed by atoms with Crippen LogP contribution in [0.15, 0.2) is 60.7 Å². The lowest BCUT2D eigenvalue weighted by atomic mass is 10.1. The quantitative estimate of drug-likeness (QED) is 0.468. The van der Waals surface area contributed by atoms with Crippen LogP contribution in [0.1, 0.15) is 31.9 Å². The Hall–Kier alpha value is -2.60. The molecule has 0 radical (unpaired) electrons. The van der Waals surface area contributed by atoms with E-state index in [9.17, 15) is 13.2 Å². The molecule has 0 aliphatic rings. The summed E-state index contributed by atoms with van der Waals surface area (Å²) in [6.45, 7) is 6.60. The van der Waals surface area contributed by atoms with Gasteiger partial charge in [0.15, 0.2) is 0 Å². The summed E-state index contributed by atoms with van der Waals surface area (Å²) in [6.07, 6.45) is 3.36. The topological polar surface area (TPSA) is 63.7 Å². The van der Waals surface area contributed by atoms with Crippen LogP contribution in [0.25, 0.3) is 6.08 Å². The third kappa shape index (κ3) is 7.19. The first kappa shape index (κ1) is 21.7. The summed E-state index contributed by atoms with van der Waals surface area (Å²) in [6, 6.07) is 16.5. The highest BCUT2D eigenvalue weighted by molar-refractivity contribution is 7.87. The maximum absolute atomic E-state index is 12.7. The molecule has 0 spiro atoms. The maximum atomic E-state index is 12.7. The molecule has 2 aromatic rings. The van der Waals surface area contributed by atoms with Crippen LogP contribution in [0.2, 0.25) is 0 Å². The Morgan fingerprint density at radius 3 is 2.46 bits per heavy atom. The molecule has 28 heavy (non-hydrogen) atoms. The van der Waals surface area contributed by atoms with Crippen molar-refractivity contribution < 1.29 is 17.4 Å². The summed E-state index contributed by atoms with van der Waals surface area (Å²) in [7, 11) is -3.58. The van der Waals surface area contributed by atoms with Gasteiger partial charge in [-0.1, -0.05) is 56.3 Å². The molecule has 0 unspecified atom stereocenters. The zero-order chi connectivity index (χ0) is 20.6. The second kappa shape index (κ2) is 10.1. The minimum absolute atomic E-state index is 0.0925. The molecule has 0 heterocycles. The number of carbonyl (C=O) groups is 1. The smallest absolute Gasteiger partial charge is 0.308 e. The van der Waals surface area contributed by atoms with E-state index in [2.05, 4.69) is 13.8 Å². The normalized spacial score (nSPS) is 11.7. The highest BCUT2D eigenvalue weighted by Crippen LogP contribution is 2.18. The highest BCUT2D eigenvalue weighted by Gasteiger charge is 2.15. The summed E-state index contributed by atoms with van der Waals surface area (Å²) in [5.74, 6) is 0.370. The van der Waals surface area contributed by atoms with Gasteiger partial charge in [0, 0.05) is 19.2 Å². The Balaban J connectivity index is 2.15. The van der Waals surface area contributed by atoms with Crippen molar-refractivity contribution in [3.05, 3.63) is 71.8 Å². The SMILES string of the molecule is CCS(=O)(=O)Oc1cccc(CN(CC(C)C)C(=O)/C=C/c2ccccc2)c1. The van der Waals surface area contributed by atoms with Gasteiger partial charge < -0.3 is 9.08 Å². The number of hydrogen-bond donors (Lipinski definition) is 0. The van der Waals surface area contributed by atoms with Crippen LogP contribution in [0.3, 0.4) is 0 Å². The Kier molecular flexibility index (Phi) is 7.81. The molecule has 2 rings (SSSR count). The largest absolute Gasteiger partial charge is 0.382 e. The fourth-order valence-electron chi connectivity index (χ4n) is 2.63. The molecule has 1 amide bonds. The molecular formula is C22H27NO4S. The molecule has 2 aromatic carbocycles. The summed E-state index contributed by atoms with van der Waals surface area (Å²) in [5.41, 5.74) is 1.77. The minimum Gasteiger partial charge on any atom is -0.382 e. The van der Waals surface area contributed by atoms with E-state index in [0.29, 0.717) is 19.0 Å². The van der Waals surface area contributed by atoms with Crippen LogP contribution in [-0.2, 0) is 21.5 Å². The lowest BCUT2D eigenvalue weighted by Crippen LogP contribution is -2.32. The van der Waals surface area contributed by atoms with Gasteiger partial charge in [0.2, 0.25) is 5.91 Å². The van der Waals surface area contributed by atoms with E-state index in [1.807, 2.05) is 36.4 Å². The standard InChI is InChI=1S/C22H27NO4S/c1-4-28(25,26)27-21-12-8-11-20(15-21)17-23(16-18(2)3)22(24)14-13-19-9-6-5-7-10-19/h5-15,18H,4,16-17H2,1-3H3/b14-13+. The van der Waals surface area contributed by atoms with Crippen molar-refractivity contribution in [2.45, 2.75) is 27.3 Å². The fraction of sp³-hybridized carbons (Fsp3) is 0.318. The first-order valence-corrected chi connectivity index (χ1v) is 10.9. The van der Waals surface area contributed by atoms with Gasteiger partial charge in [-0.2, -0.15) is 8.42 Å². The van der Waals surface area contributed by atoms with E-state index in [1.54, 1.807) is 35.3 Å². The number of rotatable bonds is 9. The van der Waals surface area contributed by atoms with Crippen molar-refractivity contribution in [3.8, 4) is 5.75 Å². The Labute approximate surface area is 167 Å². The molecule has 0 saturated heterocycles. The van der Waals surface area contributed by atoms with Crippen LogP contribution in [0.5, 0.6) is 5.75 Å². The van der Waals surface area contributed by atoms with Crippen LogP contribution in [-0.4, -0.2) is 31.5 Å². The summed E-state index contributed by atoms with van der Waals surface area (Å²) in [5, 5.41) is 0. The van der Waals surface area contributed by atoms with Crippen molar-refractivity contribution in [1.82, 2.24) is 4.90 Å². The fourth-order valence-corrected chi connectivity index (χ4v) is 3.15.